The van der Waals surface area contributed by atoms with E-state index in [4.69, 9.17) is 4.74 Å². The predicted molar refractivity (Wildman–Crippen MR) is 73.2 cm³/mol. The third kappa shape index (κ3) is 4.81. The Balaban J connectivity index is 1.61. The minimum absolute atomic E-state index is 0.0129. The Bertz CT molecular complexity index is 372. The molecule has 0 unspecified atom stereocenters. The number of para-hydroxylation sites is 1. The Labute approximate surface area is 113 Å². The second-order valence-corrected chi connectivity index (χ2v) is 7.01. The second kappa shape index (κ2) is 7.37. The summed E-state index contributed by atoms with van der Waals surface area (Å²) in [6.07, 6.45) is 1.16. The molecule has 2 heteroatoms. The molecule has 0 atom stereocenters. The summed E-state index contributed by atoms with van der Waals surface area (Å²) in [5.74, 6) is 0.979. The van der Waals surface area contributed by atoms with E-state index in [9.17, 15) is 0 Å². The average Bonchev–Trinajstić information content (AvgIpc) is 2.41. The van der Waals surface area contributed by atoms with Gasteiger partial charge in [-0.2, -0.15) is 0 Å². The third-order valence-electron chi connectivity index (χ3n) is 2.31. The summed E-state index contributed by atoms with van der Waals surface area (Å²) in [5.41, 5.74) is 0. The molecule has 0 heterocycles. The summed E-state index contributed by atoms with van der Waals surface area (Å²) < 4.78 is 8.51. The molecular formula is C15H16OTe. The summed E-state index contributed by atoms with van der Waals surface area (Å²) in [5, 5.41) is 0. The van der Waals surface area contributed by atoms with Crippen LogP contribution < -0.4 is 8.35 Å². The van der Waals surface area contributed by atoms with Gasteiger partial charge in [0, 0.05) is 0 Å². The zero-order valence-corrected chi connectivity index (χ0v) is 12.0. The maximum absolute atomic E-state index is 5.66. The molecule has 0 aliphatic heterocycles. The van der Waals surface area contributed by atoms with Crippen molar-refractivity contribution in [1.29, 1.82) is 0 Å². The van der Waals surface area contributed by atoms with E-state index in [1.807, 2.05) is 30.3 Å². The van der Waals surface area contributed by atoms with E-state index in [-0.39, 0.29) is 20.9 Å². The zero-order chi connectivity index (χ0) is 11.8. The van der Waals surface area contributed by atoms with Gasteiger partial charge in [-0.1, -0.05) is 0 Å². The van der Waals surface area contributed by atoms with Crippen LogP contribution in [0.1, 0.15) is 6.42 Å². The number of ether oxygens (including phenoxy) is 1. The van der Waals surface area contributed by atoms with Crippen LogP contribution in [0.5, 0.6) is 5.75 Å². The van der Waals surface area contributed by atoms with E-state index in [2.05, 4.69) is 30.3 Å². The van der Waals surface area contributed by atoms with Crippen LogP contribution in [-0.2, 0) is 0 Å². The molecule has 88 valence electrons. The third-order valence-corrected chi connectivity index (χ3v) is 5.45. The number of hydrogen-bond donors (Lipinski definition) is 0. The maximum atomic E-state index is 5.66. The van der Waals surface area contributed by atoms with Gasteiger partial charge in [-0.3, -0.25) is 0 Å². The summed E-state index contributed by atoms with van der Waals surface area (Å²) in [6, 6.07) is 20.8. The van der Waals surface area contributed by atoms with E-state index in [0.29, 0.717) is 0 Å². The second-order valence-electron chi connectivity index (χ2n) is 3.68. The molecule has 0 N–H and O–H groups in total. The molecule has 0 amide bonds. The molecule has 0 saturated carbocycles. The van der Waals surface area contributed by atoms with Crippen molar-refractivity contribution in [2.75, 3.05) is 6.61 Å². The van der Waals surface area contributed by atoms with Gasteiger partial charge in [0.25, 0.3) is 0 Å². The van der Waals surface area contributed by atoms with Gasteiger partial charge < -0.3 is 0 Å². The van der Waals surface area contributed by atoms with E-state index >= 15 is 0 Å². The molecule has 17 heavy (non-hydrogen) atoms. The number of benzene rings is 2. The van der Waals surface area contributed by atoms with Crippen LogP contribution in [0.3, 0.4) is 0 Å². The topological polar surface area (TPSA) is 9.23 Å². The molecule has 0 aliphatic rings. The fraction of sp³-hybridized carbons (Fsp3) is 0.200. The van der Waals surface area contributed by atoms with Crippen molar-refractivity contribution in [2.45, 2.75) is 10.9 Å². The number of rotatable bonds is 6. The zero-order valence-electron chi connectivity index (χ0n) is 9.71. The first kappa shape index (κ1) is 12.5. The van der Waals surface area contributed by atoms with Gasteiger partial charge in [0.15, 0.2) is 0 Å². The SMILES string of the molecule is c1ccc(OCCC[Te]c2ccccc2)cc1. The van der Waals surface area contributed by atoms with E-state index in [0.717, 1.165) is 18.8 Å². The van der Waals surface area contributed by atoms with E-state index in [1.165, 1.54) is 8.08 Å². The predicted octanol–water partition coefficient (Wildman–Crippen LogP) is 2.90. The van der Waals surface area contributed by atoms with Crippen molar-refractivity contribution >= 4 is 24.5 Å². The first-order chi connectivity index (χ1) is 8.45. The first-order valence-corrected chi connectivity index (χ1v) is 8.62. The van der Waals surface area contributed by atoms with Crippen LogP contribution in [-0.4, -0.2) is 27.5 Å². The van der Waals surface area contributed by atoms with Crippen molar-refractivity contribution in [3.8, 4) is 5.75 Å². The van der Waals surface area contributed by atoms with Gasteiger partial charge in [0.2, 0.25) is 0 Å². The molecule has 0 saturated heterocycles. The Morgan fingerprint density at radius 3 is 2.18 bits per heavy atom. The molecule has 1 nitrogen and oxygen atoms in total. The van der Waals surface area contributed by atoms with E-state index < -0.39 is 0 Å². The van der Waals surface area contributed by atoms with Crippen molar-refractivity contribution in [3.05, 3.63) is 60.7 Å². The first-order valence-electron chi connectivity index (χ1n) is 5.81. The quantitative estimate of drug-likeness (QED) is 0.581. The van der Waals surface area contributed by atoms with Crippen molar-refractivity contribution in [3.63, 3.8) is 0 Å². The minimum atomic E-state index is -0.0129. The Hall–Kier alpha value is -0.970. The van der Waals surface area contributed by atoms with Gasteiger partial charge in [-0.25, -0.2) is 0 Å². The summed E-state index contributed by atoms with van der Waals surface area (Å²) >= 11 is -0.0129. The molecule has 0 radical (unpaired) electrons. The molecule has 0 spiro atoms. The van der Waals surface area contributed by atoms with Crippen LogP contribution in [0.25, 0.3) is 0 Å². The fourth-order valence-corrected chi connectivity index (χ4v) is 3.89. The van der Waals surface area contributed by atoms with Gasteiger partial charge in [-0.15, -0.1) is 0 Å². The van der Waals surface area contributed by atoms with Crippen LogP contribution in [0.15, 0.2) is 60.7 Å². The monoisotopic (exact) mass is 342 g/mol. The molecular weight excluding hydrogens is 324 g/mol. The number of hydrogen-bond acceptors (Lipinski definition) is 1. The Morgan fingerprint density at radius 2 is 1.47 bits per heavy atom. The molecule has 2 rings (SSSR count). The fourth-order valence-electron chi connectivity index (χ4n) is 1.47. The summed E-state index contributed by atoms with van der Waals surface area (Å²) in [6.45, 7) is 0.835. The van der Waals surface area contributed by atoms with E-state index in [1.54, 1.807) is 0 Å². The normalized spacial score (nSPS) is 10.1. The van der Waals surface area contributed by atoms with Gasteiger partial charge >= 0.3 is 113 Å². The molecule has 2 aromatic rings. The van der Waals surface area contributed by atoms with Crippen LogP contribution in [0, 0.1) is 0 Å². The summed E-state index contributed by atoms with van der Waals surface area (Å²) in [4.78, 5) is 0. The molecule has 2 aromatic carbocycles. The van der Waals surface area contributed by atoms with Gasteiger partial charge in [-0.05, 0) is 0 Å². The Kier molecular flexibility index (Phi) is 5.42. The van der Waals surface area contributed by atoms with Gasteiger partial charge in [0.05, 0.1) is 0 Å². The molecule has 0 fully saturated rings. The van der Waals surface area contributed by atoms with Crippen LogP contribution >= 0.6 is 0 Å². The summed E-state index contributed by atoms with van der Waals surface area (Å²) in [7, 11) is 0. The molecule has 0 aliphatic carbocycles. The molecule has 0 bridgehead atoms. The van der Waals surface area contributed by atoms with Crippen molar-refractivity contribution in [2.24, 2.45) is 0 Å². The van der Waals surface area contributed by atoms with Crippen LogP contribution in [0.4, 0.5) is 0 Å². The Morgan fingerprint density at radius 1 is 0.824 bits per heavy atom. The standard InChI is InChI=1S/C15H16OTe/c1-3-8-14(9-4-1)16-12-7-13-17-15-10-5-2-6-11-15/h1-6,8-11H,7,12-13H2. The van der Waals surface area contributed by atoms with Crippen molar-refractivity contribution in [1.82, 2.24) is 0 Å². The average molecular weight is 340 g/mol. The van der Waals surface area contributed by atoms with Gasteiger partial charge in [0.1, 0.15) is 0 Å². The molecule has 0 aromatic heterocycles. The van der Waals surface area contributed by atoms with Crippen LogP contribution in [0.2, 0.25) is 4.47 Å². The van der Waals surface area contributed by atoms with Crippen molar-refractivity contribution < 1.29 is 4.74 Å².